The van der Waals surface area contributed by atoms with E-state index in [2.05, 4.69) is 38.1 Å². The Balaban J connectivity index is 0. The SMILES string of the molecule is CC.CC.CCCc1ccc(C)cc1. The molecule has 0 bridgehead atoms. The van der Waals surface area contributed by atoms with Crippen molar-refractivity contribution in [2.24, 2.45) is 0 Å². The minimum atomic E-state index is 1.21. The van der Waals surface area contributed by atoms with Gasteiger partial charge in [-0.05, 0) is 18.9 Å². The zero-order valence-corrected chi connectivity index (χ0v) is 10.7. The van der Waals surface area contributed by atoms with Crippen molar-refractivity contribution in [3.05, 3.63) is 35.4 Å². The number of hydrogen-bond acceptors (Lipinski definition) is 0. The lowest BCUT2D eigenvalue weighted by Crippen LogP contribution is -1.81. The van der Waals surface area contributed by atoms with Crippen molar-refractivity contribution in [3.63, 3.8) is 0 Å². The third-order valence-corrected chi connectivity index (χ3v) is 1.66. The normalized spacial score (nSPS) is 7.86. The van der Waals surface area contributed by atoms with Crippen molar-refractivity contribution in [2.75, 3.05) is 0 Å². The van der Waals surface area contributed by atoms with E-state index >= 15 is 0 Å². The Kier molecular flexibility index (Phi) is 13.7. The largest absolute Gasteiger partial charge is 0.0683 e. The summed E-state index contributed by atoms with van der Waals surface area (Å²) in [5.74, 6) is 0. The molecule has 1 rings (SSSR count). The third kappa shape index (κ3) is 7.85. The van der Waals surface area contributed by atoms with E-state index in [9.17, 15) is 0 Å². The minimum Gasteiger partial charge on any atom is -0.0683 e. The maximum Gasteiger partial charge on any atom is -0.0281 e. The molecule has 0 heteroatoms. The minimum absolute atomic E-state index is 1.21. The van der Waals surface area contributed by atoms with E-state index in [0.717, 1.165) is 0 Å². The second-order valence-corrected chi connectivity index (χ2v) is 2.74. The second kappa shape index (κ2) is 12.2. The molecule has 0 atom stereocenters. The van der Waals surface area contributed by atoms with Crippen LogP contribution in [0.25, 0.3) is 0 Å². The molecule has 0 unspecified atom stereocenters. The van der Waals surface area contributed by atoms with E-state index in [1.165, 1.54) is 24.0 Å². The van der Waals surface area contributed by atoms with Crippen molar-refractivity contribution >= 4 is 0 Å². The molecule has 0 aromatic heterocycles. The molecule has 82 valence electrons. The quantitative estimate of drug-likeness (QED) is 0.621. The first-order valence-electron chi connectivity index (χ1n) is 5.88. The Morgan fingerprint density at radius 3 is 1.64 bits per heavy atom. The molecule has 0 aliphatic heterocycles. The van der Waals surface area contributed by atoms with Crippen LogP contribution in [0.3, 0.4) is 0 Å². The van der Waals surface area contributed by atoms with Crippen LogP contribution in [0.2, 0.25) is 0 Å². The summed E-state index contributed by atoms with van der Waals surface area (Å²) in [6.07, 6.45) is 2.45. The van der Waals surface area contributed by atoms with Gasteiger partial charge in [0.25, 0.3) is 0 Å². The molecule has 0 aliphatic carbocycles. The van der Waals surface area contributed by atoms with Crippen molar-refractivity contribution < 1.29 is 0 Å². The van der Waals surface area contributed by atoms with Crippen LogP contribution in [0, 0.1) is 6.92 Å². The van der Waals surface area contributed by atoms with Crippen molar-refractivity contribution in [3.8, 4) is 0 Å². The summed E-state index contributed by atoms with van der Waals surface area (Å²) in [5, 5.41) is 0. The van der Waals surface area contributed by atoms with E-state index < -0.39 is 0 Å². The highest BCUT2D eigenvalue weighted by molar-refractivity contribution is 5.21. The fraction of sp³-hybridized carbons (Fsp3) is 0.571. The summed E-state index contributed by atoms with van der Waals surface area (Å²) in [6.45, 7) is 12.3. The molecule has 0 amide bonds. The fourth-order valence-corrected chi connectivity index (χ4v) is 1.04. The van der Waals surface area contributed by atoms with Gasteiger partial charge in [0, 0.05) is 0 Å². The van der Waals surface area contributed by atoms with E-state index in [4.69, 9.17) is 0 Å². The van der Waals surface area contributed by atoms with Gasteiger partial charge in [-0.3, -0.25) is 0 Å². The predicted octanol–water partition coefficient (Wildman–Crippen LogP) is 5.00. The monoisotopic (exact) mass is 194 g/mol. The van der Waals surface area contributed by atoms with Gasteiger partial charge in [-0.2, -0.15) is 0 Å². The highest BCUT2D eigenvalue weighted by atomic mass is 13.9. The van der Waals surface area contributed by atoms with Gasteiger partial charge < -0.3 is 0 Å². The average molecular weight is 194 g/mol. The fourth-order valence-electron chi connectivity index (χ4n) is 1.04. The molecule has 0 saturated heterocycles. The highest BCUT2D eigenvalue weighted by Crippen LogP contribution is 2.04. The standard InChI is InChI=1S/C10H14.2C2H6/c1-3-4-10-7-5-9(2)6-8-10;2*1-2/h5-8H,3-4H2,1-2H3;2*1-2H3. The van der Waals surface area contributed by atoms with E-state index in [1.807, 2.05) is 27.7 Å². The lowest BCUT2D eigenvalue weighted by atomic mass is 10.1. The van der Waals surface area contributed by atoms with Gasteiger partial charge in [0.2, 0.25) is 0 Å². The highest BCUT2D eigenvalue weighted by Gasteiger charge is 1.87. The first kappa shape index (κ1) is 15.7. The Bertz CT molecular complexity index is 184. The third-order valence-electron chi connectivity index (χ3n) is 1.66. The van der Waals surface area contributed by atoms with Crippen molar-refractivity contribution in [1.82, 2.24) is 0 Å². The molecular formula is C14H26. The van der Waals surface area contributed by atoms with Crippen LogP contribution < -0.4 is 0 Å². The maximum absolute atomic E-state index is 2.21. The molecule has 1 aromatic carbocycles. The van der Waals surface area contributed by atoms with Gasteiger partial charge >= 0.3 is 0 Å². The average Bonchev–Trinajstić information content (AvgIpc) is 2.28. The molecular weight excluding hydrogens is 168 g/mol. The Hall–Kier alpha value is -0.780. The van der Waals surface area contributed by atoms with E-state index in [1.54, 1.807) is 0 Å². The summed E-state index contributed by atoms with van der Waals surface area (Å²) >= 11 is 0. The lowest BCUT2D eigenvalue weighted by molar-refractivity contribution is 0.921. The predicted molar refractivity (Wildman–Crippen MR) is 67.9 cm³/mol. The summed E-state index contributed by atoms with van der Waals surface area (Å²) in [4.78, 5) is 0. The zero-order chi connectivity index (χ0) is 11.4. The Labute approximate surface area is 90.4 Å². The van der Waals surface area contributed by atoms with Crippen LogP contribution >= 0.6 is 0 Å². The molecule has 0 aliphatic rings. The Morgan fingerprint density at radius 1 is 0.857 bits per heavy atom. The molecule has 0 saturated carbocycles. The first-order chi connectivity index (χ1) is 6.83. The summed E-state index contributed by atoms with van der Waals surface area (Å²) < 4.78 is 0. The van der Waals surface area contributed by atoms with Crippen molar-refractivity contribution in [2.45, 2.75) is 54.4 Å². The van der Waals surface area contributed by atoms with Gasteiger partial charge in [0.05, 0.1) is 0 Å². The lowest BCUT2D eigenvalue weighted by Gasteiger charge is -1.97. The molecule has 0 radical (unpaired) electrons. The smallest absolute Gasteiger partial charge is 0.0281 e. The molecule has 0 nitrogen and oxygen atoms in total. The number of hydrogen-bond donors (Lipinski definition) is 0. The summed E-state index contributed by atoms with van der Waals surface area (Å²) in [7, 11) is 0. The second-order valence-electron chi connectivity index (χ2n) is 2.74. The number of rotatable bonds is 2. The van der Waals surface area contributed by atoms with Gasteiger partial charge in [-0.25, -0.2) is 0 Å². The van der Waals surface area contributed by atoms with E-state index in [-0.39, 0.29) is 0 Å². The molecule has 0 heterocycles. The van der Waals surface area contributed by atoms with Gasteiger partial charge in [0.15, 0.2) is 0 Å². The Morgan fingerprint density at radius 2 is 1.29 bits per heavy atom. The van der Waals surface area contributed by atoms with Crippen LogP contribution in [0.15, 0.2) is 24.3 Å². The zero-order valence-electron chi connectivity index (χ0n) is 10.7. The van der Waals surface area contributed by atoms with E-state index in [0.29, 0.717) is 0 Å². The van der Waals surface area contributed by atoms with Gasteiger partial charge in [-0.1, -0.05) is 70.9 Å². The van der Waals surface area contributed by atoms with Gasteiger partial charge in [-0.15, -0.1) is 0 Å². The van der Waals surface area contributed by atoms with Crippen molar-refractivity contribution in [1.29, 1.82) is 0 Å². The molecule has 1 aromatic rings. The molecule has 14 heavy (non-hydrogen) atoms. The molecule has 0 spiro atoms. The van der Waals surface area contributed by atoms with Crippen LogP contribution in [-0.2, 0) is 6.42 Å². The molecule has 0 N–H and O–H groups in total. The van der Waals surface area contributed by atoms with Gasteiger partial charge in [0.1, 0.15) is 0 Å². The van der Waals surface area contributed by atoms with Crippen LogP contribution in [0.4, 0.5) is 0 Å². The maximum atomic E-state index is 2.21. The molecule has 0 fully saturated rings. The summed E-state index contributed by atoms with van der Waals surface area (Å²) in [6, 6.07) is 8.76. The number of benzene rings is 1. The summed E-state index contributed by atoms with van der Waals surface area (Å²) in [5.41, 5.74) is 2.80. The topological polar surface area (TPSA) is 0 Å². The first-order valence-corrected chi connectivity index (χ1v) is 5.88. The van der Waals surface area contributed by atoms with Crippen LogP contribution in [0.1, 0.15) is 52.2 Å². The van der Waals surface area contributed by atoms with Crippen LogP contribution in [-0.4, -0.2) is 0 Å². The van der Waals surface area contributed by atoms with Crippen LogP contribution in [0.5, 0.6) is 0 Å². The number of aryl methyl sites for hydroxylation is 2.